The molecule has 0 saturated heterocycles. The molecule has 2 N–H and O–H groups in total. The minimum Gasteiger partial charge on any atom is -0.260 e. The summed E-state index contributed by atoms with van der Waals surface area (Å²) < 4.78 is 0. The van der Waals surface area contributed by atoms with Crippen molar-refractivity contribution in [1.82, 2.24) is 15.2 Å². The van der Waals surface area contributed by atoms with Crippen molar-refractivity contribution in [3.8, 4) is 0 Å². The molecule has 2 rings (SSSR count). The SMILES string of the molecule is O=c1nc(N/N=C\c2cccs2)cn[nH]1. The van der Waals surface area contributed by atoms with E-state index in [-0.39, 0.29) is 0 Å². The van der Waals surface area contributed by atoms with Gasteiger partial charge in [0.15, 0.2) is 5.82 Å². The number of anilines is 1. The fraction of sp³-hybridized carbons (Fsp3) is 0. The highest BCUT2D eigenvalue weighted by atomic mass is 32.1. The first-order valence-corrected chi connectivity index (χ1v) is 4.97. The smallest absolute Gasteiger partial charge is 0.260 e. The monoisotopic (exact) mass is 221 g/mol. The lowest BCUT2D eigenvalue weighted by Gasteiger charge is -1.94. The molecule has 0 bridgehead atoms. The molecule has 0 radical (unpaired) electrons. The number of hydrazone groups is 1. The van der Waals surface area contributed by atoms with Gasteiger partial charge in [-0.05, 0) is 11.4 Å². The number of nitrogens with one attached hydrogen (secondary N) is 2. The number of hydrogen-bond acceptors (Lipinski definition) is 6. The normalized spacial score (nSPS) is 10.7. The van der Waals surface area contributed by atoms with Crippen LogP contribution >= 0.6 is 11.3 Å². The van der Waals surface area contributed by atoms with Crippen LogP contribution in [0.4, 0.5) is 5.82 Å². The predicted molar refractivity (Wildman–Crippen MR) is 58.2 cm³/mol. The highest BCUT2D eigenvalue weighted by molar-refractivity contribution is 7.11. The van der Waals surface area contributed by atoms with Crippen molar-refractivity contribution >= 4 is 23.4 Å². The lowest BCUT2D eigenvalue weighted by atomic mass is 10.5. The van der Waals surface area contributed by atoms with E-state index in [1.54, 1.807) is 17.6 Å². The molecular formula is C8H7N5OS. The Morgan fingerprint density at radius 2 is 2.53 bits per heavy atom. The number of aromatic amines is 1. The van der Waals surface area contributed by atoms with Crippen molar-refractivity contribution in [2.24, 2.45) is 5.10 Å². The summed E-state index contributed by atoms with van der Waals surface area (Å²) in [5.74, 6) is 0.312. The molecule has 2 aromatic heterocycles. The molecule has 6 nitrogen and oxygen atoms in total. The van der Waals surface area contributed by atoms with Gasteiger partial charge in [-0.15, -0.1) is 11.3 Å². The van der Waals surface area contributed by atoms with Crippen molar-refractivity contribution in [3.05, 3.63) is 39.1 Å². The lowest BCUT2D eigenvalue weighted by molar-refractivity contribution is 0.913. The van der Waals surface area contributed by atoms with Gasteiger partial charge in [0.25, 0.3) is 0 Å². The van der Waals surface area contributed by atoms with E-state index in [1.165, 1.54) is 6.20 Å². The van der Waals surface area contributed by atoms with Crippen molar-refractivity contribution in [2.45, 2.75) is 0 Å². The molecular weight excluding hydrogens is 214 g/mol. The molecule has 15 heavy (non-hydrogen) atoms. The fourth-order valence-corrected chi connectivity index (χ4v) is 1.48. The van der Waals surface area contributed by atoms with Crippen molar-refractivity contribution < 1.29 is 0 Å². The van der Waals surface area contributed by atoms with Crippen LogP contribution < -0.4 is 11.1 Å². The van der Waals surface area contributed by atoms with Gasteiger partial charge in [-0.2, -0.15) is 15.2 Å². The maximum Gasteiger partial charge on any atom is 0.363 e. The third-order valence-electron chi connectivity index (χ3n) is 1.48. The highest BCUT2D eigenvalue weighted by Gasteiger charge is 1.92. The number of thiophene rings is 1. The van der Waals surface area contributed by atoms with Crippen LogP contribution in [0.25, 0.3) is 0 Å². The van der Waals surface area contributed by atoms with Crippen molar-refractivity contribution in [2.75, 3.05) is 5.43 Å². The van der Waals surface area contributed by atoms with Gasteiger partial charge < -0.3 is 0 Å². The summed E-state index contributed by atoms with van der Waals surface area (Å²) in [6.45, 7) is 0. The Bertz CT molecular complexity index is 504. The number of nitrogens with zero attached hydrogens (tertiary/aromatic N) is 3. The van der Waals surface area contributed by atoms with E-state index < -0.39 is 5.69 Å². The standard InChI is InChI=1S/C8H7N5OS/c14-8-11-7(5-10-13-8)12-9-4-6-2-1-3-15-6/h1-5H,(H2,11,12,13,14)/b9-4-. The summed E-state index contributed by atoms with van der Waals surface area (Å²) in [7, 11) is 0. The molecule has 0 amide bonds. The Kier molecular flexibility index (Phi) is 2.84. The van der Waals surface area contributed by atoms with Crippen LogP contribution in [0.2, 0.25) is 0 Å². The first-order valence-electron chi connectivity index (χ1n) is 4.09. The van der Waals surface area contributed by atoms with Crippen LogP contribution in [-0.2, 0) is 0 Å². The highest BCUT2D eigenvalue weighted by Crippen LogP contribution is 2.04. The maximum atomic E-state index is 10.8. The minimum atomic E-state index is -0.508. The summed E-state index contributed by atoms with van der Waals surface area (Å²) in [5, 5.41) is 11.6. The topological polar surface area (TPSA) is 83.0 Å². The quantitative estimate of drug-likeness (QED) is 0.589. The summed E-state index contributed by atoms with van der Waals surface area (Å²) >= 11 is 1.57. The Balaban J connectivity index is 2.02. The van der Waals surface area contributed by atoms with E-state index in [9.17, 15) is 4.79 Å². The second kappa shape index (κ2) is 4.47. The van der Waals surface area contributed by atoms with Gasteiger partial charge in [-0.1, -0.05) is 6.07 Å². The second-order valence-electron chi connectivity index (χ2n) is 2.56. The fourth-order valence-electron chi connectivity index (χ4n) is 0.893. The van der Waals surface area contributed by atoms with Crippen molar-refractivity contribution in [3.63, 3.8) is 0 Å². The molecule has 0 unspecified atom stereocenters. The zero-order valence-corrected chi connectivity index (χ0v) is 8.36. The average molecular weight is 221 g/mol. The summed E-state index contributed by atoms with van der Waals surface area (Å²) in [5.41, 5.74) is 2.10. The third kappa shape index (κ3) is 2.71. The molecule has 0 aromatic carbocycles. The Hall–Kier alpha value is -2.02. The van der Waals surface area contributed by atoms with Gasteiger partial charge in [0, 0.05) is 4.88 Å². The van der Waals surface area contributed by atoms with Crippen LogP contribution in [0.3, 0.4) is 0 Å². The molecule has 0 aliphatic heterocycles. The van der Waals surface area contributed by atoms with Crippen LogP contribution in [-0.4, -0.2) is 21.4 Å². The first kappa shape index (κ1) is 9.53. The number of aromatic nitrogens is 3. The lowest BCUT2D eigenvalue weighted by Crippen LogP contribution is -2.13. The molecule has 2 heterocycles. The predicted octanol–water partition coefficient (Wildman–Crippen LogP) is 0.672. The van der Waals surface area contributed by atoms with Crippen LogP contribution in [0, 0.1) is 0 Å². The average Bonchev–Trinajstić information content (AvgIpc) is 2.71. The zero-order valence-electron chi connectivity index (χ0n) is 7.54. The van der Waals surface area contributed by atoms with E-state index in [4.69, 9.17) is 0 Å². The molecule has 2 aromatic rings. The molecule has 76 valence electrons. The molecule has 0 saturated carbocycles. The van der Waals surface area contributed by atoms with Gasteiger partial charge in [0.05, 0.1) is 12.4 Å². The van der Waals surface area contributed by atoms with Gasteiger partial charge in [-0.3, -0.25) is 5.43 Å². The van der Waals surface area contributed by atoms with Crippen LogP contribution in [0.1, 0.15) is 4.88 Å². The minimum absolute atomic E-state index is 0.312. The van der Waals surface area contributed by atoms with E-state index in [0.29, 0.717) is 5.82 Å². The number of rotatable bonds is 3. The van der Waals surface area contributed by atoms with Crippen LogP contribution in [0.5, 0.6) is 0 Å². The van der Waals surface area contributed by atoms with Crippen LogP contribution in [0.15, 0.2) is 33.6 Å². The van der Waals surface area contributed by atoms with Gasteiger partial charge in [-0.25, -0.2) is 9.89 Å². The van der Waals surface area contributed by atoms with E-state index >= 15 is 0 Å². The van der Waals surface area contributed by atoms with Gasteiger partial charge in [0.1, 0.15) is 0 Å². The van der Waals surface area contributed by atoms with Crippen molar-refractivity contribution in [1.29, 1.82) is 0 Å². The van der Waals surface area contributed by atoms with E-state index in [0.717, 1.165) is 4.88 Å². The van der Waals surface area contributed by atoms with Gasteiger partial charge in [0.2, 0.25) is 0 Å². The Morgan fingerprint density at radius 3 is 3.27 bits per heavy atom. The molecule has 0 spiro atoms. The summed E-state index contributed by atoms with van der Waals surface area (Å²) in [4.78, 5) is 15.4. The Labute approximate surface area is 88.7 Å². The molecule has 0 atom stereocenters. The number of H-pyrrole nitrogens is 1. The van der Waals surface area contributed by atoms with E-state index in [1.807, 2.05) is 17.5 Å². The summed E-state index contributed by atoms with van der Waals surface area (Å²) in [6, 6.07) is 3.86. The number of hydrogen-bond donors (Lipinski definition) is 2. The first-order chi connectivity index (χ1) is 7.34. The zero-order chi connectivity index (χ0) is 10.5. The van der Waals surface area contributed by atoms with Gasteiger partial charge >= 0.3 is 5.69 Å². The molecule has 7 heteroatoms. The molecule has 0 aliphatic carbocycles. The van der Waals surface area contributed by atoms with E-state index in [2.05, 4.69) is 25.7 Å². The second-order valence-corrected chi connectivity index (χ2v) is 3.54. The maximum absolute atomic E-state index is 10.8. The third-order valence-corrected chi connectivity index (χ3v) is 2.29. The Morgan fingerprint density at radius 1 is 1.60 bits per heavy atom. The molecule has 0 aliphatic rings. The largest absolute Gasteiger partial charge is 0.363 e. The summed E-state index contributed by atoms with van der Waals surface area (Å²) in [6.07, 6.45) is 3.03. The molecule has 0 fully saturated rings.